The summed E-state index contributed by atoms with van der Waals surface area (Å²) < 4.78 is 22.1. The molecular formula is C28H25FN4O. The number of nitriles is 1. The first-order valence-corrected chi connectivity index (χ1v) is 11.5. The zero-order chi connectivity index (χ0) is 23.8. The summed E-state index contributed by atoms with van der Waals surface area (Å²) in [7, 11) is 0. The van der Waals surface area contributed by atoms with Crippen LogP contribution in [0.2, 0.25) is 0 Å². The predicted octanol–water partition coefficient (Wildman–Crippen LogP) is 5.96. The fraction of sp³-hybridized carbons (Fsp3) is 0.250. The van der Waals surface area contributed by atoms with Crippen molar-refractivity contribution in [3.63, 3.8) is 0 Å². The van der Waals surface area contributed by atoms with Crippen molar-refractivity contribution in [2.45, 2.75) is 46.6 Å². The number of aryl methyl sites for hydroxylation is 2. The summed E-state index contributed by atoms with van der Waals surface area (Å²) in [6.07, 6.45) is 6.41. The van der Waals surface area contributed by atoms with Crippen LogP contribution in [0, 0.1) is 24.1 Å². The van der Waals surface area contributed by atoms with Crippen LogP contribution in [0.1, 0.15) is 59.6 Å². The van der Waals surface area contributed by atoms with E-state index in [1.807, 2.05) is 19.3 Å². The highest BCUT2D eigenvalue weighted by Crippen LogP contribution is 2.39. The van der Waals surface area contributed by atoms with Crippen molar-refractivity contribution in [1.82, 2.24) is 14.4 Å². The molecule has 0 atom stereocenters. The van der Waals surface area contributed by atoms with Gasteiger partial charge in [0.2, 0.25) is 0 Å². The van der Waals surface area contributed by atoms with E-state index in [4.69, 9.17) is 9.72 Å². The first-order chi connectivity index (χ1) is 16.5. The first kappa shape index (κ1) is 21.8. The molecule has 34 heavy (non-hydrogen) atoms. The first-order valence-electron chi connectivity index (χ1n) is 11.5. The highest BCUT2D eigenvalue weighted by molar-refractivity contribution is 5.88. The number of allylic oxidation sites excluding steroid dienone is 1. The van der Waals surface area contributed by atoms with Crippen molar-refractivity contribution in [1.29, 1.82) is 5.26 Å². The van der Waals surface area contributed by atoms with Crippen molar-refractivity contribution in [3.8, 4) is 11.8 Å². The van der Waals surface area contributed by atoms with Crippen molar-refractivity contribution in [2.75, 3.05) is 0 Å². The molecule has 0 amide bonds. The second-order valence-corrected chi connectivity index (χ2v) is 8.67. The number of aromatic nitrogens is 3. The van der Waals surface area contributed by atoms with Gasteiger partial charge >= 0.3 is 0 Å². The quantitative estimate of drug-likeness (QED) is 0.359. The third kappa shape index (κ3) is 3.73. The van der Waals surface area contributed by atoms with Gasteiger partial charge in [-0.15, -0.1) is 0 Å². The number of imidazole rings is 1. The molecule has 2 aromatic carbocycles. The molecule has 0 fully saturated rings. The molecule has 0 radical (unpaired) electrons. The number of hydrogen-bond donors (Lipinski definition) is 0. The Hall–Kier alpha value is -3.98. The Kier molecular flexibility index (Phi) is 5.62. The van der Waals surface area contributed by atoms with E-state index >= 15 is 0 Å². The Morgan fingerprint density at radius 1 is 1.21 bits per heavy atom. The number of rotatable bonds is 4. The summed E-state index contributed by atoms with van der Waals surface area (Å²) in [6.45, 7) is 6.23. The van der Waals surface area contributed by atoms with Gasteiger partial charge in [-0.25, -0.2) is 9.37 Å². The van der Waals surface area contributed by atoms with Gasteiger partial charge in [0.15, 0.2) is 5.65 Å². The fourth-order valence-electron chi connectivity index (χ4n) is 4.72. The van der Waals surface area contributed by atoms with Crippen LogP contribution in [0.15, 0.2) is 54.4 Å². The predicted molar refractivity (Wildman–Crippen MR) is 129 cm³/mol. The maximum atomic E-state index is 13.9. The molecule has 2 aromatic heterocycles. The minimum Gasteiger partial charge on any atom is -0.488 e. The number of halogens is 1. The molecule has 170 valence electrons. The molecule has 0 N–H and O–H groups in total. The summed E-state index contributed by atoms with van der Waals surface area (Å²) in [5, 5.41) is 9.68. The maximum Gasteiger partial charge on any atom is 0.158 e. The van der Waals surface area contributed by atoms with Gasteiger partial charge in [0.25, 0.3) is 0 Å². The molecule has 5 nitrogen and oxygen atoms in total. The van der Waals surface area contributed by atoms with Crippen LogP contribution in [0.3, 0.4) is 0 Å². The zero-order valence-corrected chi connectivity index (χ0v) is 19.5. The van der Waals surface area contributed by atoms with E-state index in [1.54, 1.807) is 13.0 Å². The lowest BCUT2D eigenvalue weighted by Crippen LogP contribution is -2.02. The molecule has 0 aliphatic carbocycles. The van der Waals surface area contributed by atoms with E-state index < -0.39 is 0 Å². The SMILES string of the molecule is CCCc1nc2c(C)nccn2c1Cc1ccc2c(c1)COc1cc(F)ccc1/C2=C(\C)C#N. The van der Waals surface area contributed by atoms with E-state index in [1.165, 1.54) is 12.1 Å². The van der Waals surface area contributed by atoms with Gasteiger partial charge in [-0.05, 0) is 49.1 Å². The lowest BCUT2D eigenvalue weighted by atomic mass is 9.89. The maximum absolute atomic E-state index is 13.9. The molecule has 0 bridgehead atoms. The largest absolute Gasteiger partial charge is 0.488 e. The van der Waals surface area contributed by atoms with Gasteiger partial charge in [-0.3, -0.25) is 4.98 Å². The Balaban J connectivity index is 1.61. The number of fused-ring (bicyclic) bond motifs is 3. The number of nitrogens with zero attached hydrogens (tertiary/aromatic N) is 4. The second-order valence-electron chi connectivity index (χ2n) is 8.67. The average molecular weight is 453 g/mol. The second kappa shape index (κ2) is 8.75. The smallest absolute Gasteiger partial charge is 0.158 e. The third-order valence-corrected chi connectivity index (χ3v) is 6.34. The van der Waals surface area contributed by atoms with Gasteiger partial charge in [0, 0.05) is 41.6 Å². The van der Waals surface area contributed by atoms with Gasteiger partial charge < -0.3 is 9.14 Å². The molecule has 5 rings (SSSR count). The standard InChI is InChI=1S/C28H25FN4O/c1-4-5-24-25(33-11-10-31-18(3)28(33)32-24)13-19-6-8-22-20(12-19)16-34-26-14-21(29)7-9-23(26)27(22)17(2)15-30/h6-12,14H,4-5,13,16H2,1-3H3/b27-17+. The van der Waals surface area contributed by atoms with Crippen LogP contribution in [0.5, 0.6) is 5.75 Å². The van der Waals surface area contributed by atoms with Crippen LogP contribution in [0.4, 0.5) is 4.39 Å². The minimum absolute atomic E-state index is 0.305. The van der Waals surface area contributed by atoms with Crippen LogP contribution in [-0.4, -0.2) is 14.4 Å². The summed E-state index contributed by atoms with van der Waals surface area (Å²) in [5.41, 5.74) is 9.20. The van der Waals surface area contributed by atoms with Crippen LogP contribution in [0.25, 0.3) is 11.2 Å². The molecule has 1 aliphatic rings. The highest BCUT2D eigenvalue weighted by atomic mass is 19.1. The topological polar surface area (TPSA) is 63.2 Å². The Morgan fingerprint density at radius 2 is 2.03 bits per heavy atom. The molecule has 4 aromatic rings. The van der Waals surface area contributed by atoms with Crippen molar-refractivity contribution < 1.29 is 9.13 Å². The molecule has 0 spiro atoms. The van der Waals surface area contributed by atoms with Crippen LogP contribution < -0.4 is 4.74 Å². The fourth-order valence-corrected chi connectivity index (χ4v) is 4.72. The monoisotopic (exact) mass is 452 g/mol. The number of benzene rings is 2. The van der Waals surface area contributed by atoms with Crippen molar-refractivity contribution >= 4 is 11.2 Å². The Bertz CT molecular complexity index is 1490. The molecule has 3 heterocycles. The lowest BCUT2D eigenvalue weighted by Gasteiger charge is -2.13. The summed E-state index contributed by atoms with van der Waals surface area (Å²) in [6, 6.07) is 13.0. The number of hydrogen-bond acceptors (Lipinski definition) is 4. The molecular weight excluding hydrogens is 427 g/mol. The summed E-state index contributed by atoms with van der Waals surface area (Å²) in [4.78, 5) is 9.28. The third-order valence-electron chi connectivity index (χ3n) is 6.34. The Morgan fingerprint density at radius 3 is 2.82 bits per heavy atom. The van der Waals surface area contributed by atoms with E-state index in [0.29, 0.717) is 24.4 Å². The normalized spacial score (nSPS) is 14.1. The molecule has 0 saturated heterocycles. The van der Waals surface area contributed by atoms with E-state index in [2.05, 4.69) is 40.6 Å². The van der Waals surface area contributed by atoms with Gasteiger partial charge in [-0.2, -0.15) is 5.26 Å². The molecule has 0 unspecified atom stereocenters. The minimum atomic E-state index is -0.361. The van der Waals surface area contributed by atoms with E-state index in [9.17, 15) is 9.65 Å². The van der Waals surface area contributed by atoms with Crippen molar-refractivity contribution in [2.24, 2.45) is 0 Å². The molecule has 1 aliphatic heterocycles. The zero-order valence-electron chi connectivity index (χ0n) is 19.5. The van der Waals surface area contributed by atoms with Gasteiger partial charge in [0.1, 0.15) is 18.2 Å². The Labute approximate surface area is 198 Å². The molecule has 6 heteroatoms. The molecule has 0 saturated carbocycles. The summed E-state index contributed by atoms with van der Waals surface area (Å²) in [5.74, 6) is 0.0949. The lowest BCUT2D eigenvalue weighted by molar-refractivity contribution is 0.305. The summed E-state index contributed by atoms with van der Waals surface area (Å²) >= 11 is 0. The number of ether oxygens (including phenoxy) is 1. The van der Waals surface area contributed by atoms with Gasteiger partial charge in [-0.1, -0.05) is 31.5 Å². The average Bonchev–Trinajstić information content (AvgIpc) is 3.09. The van der Waals surface area contributed by atoms with Crippen LogP contribution >= 0.6 is 0 Å². The van der Waals surface area contributed by atoms with Crippen LogP contribution in [-0.2, 0) is 19.4 Å². The van der Waals surface area contributed by atoms with E-state index in [-0.39, 0.29) is 5.82 Å². The van der Waals surface area contributed by atoms with Gasteiger partial charge in [0.05, 0.1) is 23.2 Å². The van der Waals surface area contributed by atoms with E-state index in [0.717, 1.165) is 63.4 Å². The highest BCUT2D eigenvalue weighted by Gasteiger charge is 2.23. The van der Waals surface area contributed by atoms with Crippen molar-refractivity contribution in [3.05, 3.63) is 99.5 Å².